The van der Waals surface area contributed by atoms with Crippen LogP contribution in [0.15, 0.2) is 18.2 Å². The fourth-order valence-electron chi connectivity index (χ4n) is 1.85. The lowest BCUT2D eigenvalue weighted by Gasteiger charge is -2.29. The summed E-state index contributed by atoms with van der Waals surface area (Å²) >= 11 is 0. The molecule has 74 valence electrons. The van der Waals surface area contributed by atoms with Gasteiger partial charge in [0.1, 0.15) is 13.2 Å². The maximum absolute atomic E-state index is 5.53. The highest BCUT2D eigenvalue weighted by Crippen LogP contribution is 2.34. The fourth-order valence-corrected chi connectivity index (χ4v) is 1.85. The molecule has 0 aromatic heterocycles. The fraction of sp³-hybridized carbons (Fsp3) is 0.455. The van der Waals surface area contributed by atoms with Crippen molar-refractivity contribution in [2.24, 2.45) is 0 Å². The monoisotopic (exact) mass is 191 g/mol. The molecule has 14 heavy (non-hydrogen) atoms. The van der Waals surface area contributed by atoms with E-state index in [4.69, 9.17) is 9.47 Å². The van der Waals surface area contributed by atoms with Gasteiger partial charge in [0.05, 0.1) is 0 Å². The van der Waals surface area contributed by atoms with E-state index >= 15 is 0 Å². The Balaban J connectivity index is 1.92. The van der Waals surface area contributed by atoms with E-state index in [0.717, 1.165) is 18.0 Å². The van der Waals surface area contributed by atoms with Crippen LogP contribution in [0.4, 0.5) is 0 Å². The number of fused-ring (bicyclic) bond motifs is 1. The molecule has 0 amide bonds. The smallest absolute Gasteiger partial charge is 0.161 e. The Kier molecular flexibility index (Phi) is 1.84. The number of nitrogens with one attached hydrogen (secondary N) is 1. The zero-order valence-electron chi connectivity index (χ0n) is 7.95. The second-order valence-corrected chi connectivity index (χ2v) is 3.70. The highest BCUT2D eigenvalue weighted by Gasteiger charge is 2.20. The molecule has 0 radical (unpaired) electrons. The van der Waals surface area contributed by atoms with Crippen molar-refractivity contribution < 1.29 is 9.47 Å². The van der Waals surface area contributed by atoms with Crippen molar-refractivity contribution in [2.45, 2.75) is 12.5 Å². The third-order valence-electron chi connectivity index (χ3n) is 2.79. The van der Waals surface area contributed by atoms with Crippen molar-refractivity contribution in [1.29, 1.82) is 0 Å². The molecule has 3 rings (SSSR count). The molecule has 1 aromatic carbocycles. The highest BCUT2D eigenvalue weighted by molar-refractivity contribution is 5.44. The van der Waals surface area contributed by atoms with Crippen molar-refractivity contribution in [1.82, 2.24) is 5.32 Å². The van der Waals surface area contributed by atoms with Crippen molar-refractivity contribution in [3.8, 4) is 11.5 Å². The van der Waals surface area contributed by atoms with Crippen LogP contribution in [0.1, 0.15) is 18.0 Å². The first-order chi connectivity index (χ1) is 6.93. The van der Waals surface area contributed by atoms with Crippen LogP contribution in [-0.2, 0) is 0 Å². The van der Waals surface area contributed by atoms with Gasteiger partial charge in [-0.3, -0.25) is 0 Å². The van der Waals surface area contributed by atoms with E-state index in [1.807, 2.05) is 6.07 Å². The maximum Gasteiger partial charge on any atom is 0.161 e. The molecule has 1 saturated heterocycles. The minimum absolute atomic E-state index is 0.519. The molecule has 1 fully saturated rings. The van der Waals surface area contributed by atoms with E-state index in [2.05, 4.69) is 17.4 Å². The summed E-state index contributed by atoms with van der Waals surface area (Å²) in [6.45, 7) is 2.45. The van der Waals surface area contributed by atoms with Gasteiger partial charge in [0.15, 0.2) is 11.5 Å². The predicted molar refractivity (Wildman–Crippen MR) is 52.8 cm³/mol. The van der Waals surface area contributed by atoms with E-state index < -0.39 is 0 Å². The van der Waals surface area contributed by atoms with Crippen LogP contribution in [0.25, 0.3) is 0 Å². The number of benzene rings is 1. The van der Waals surface area contributed by atoms with Gasteiger partial charge in [0, 0.05) is 6.04 Å². The lowest BCUT2D eigenvalue weighted by molar-refractivity contribution is 0.171. The second kappa shape index (κ2) is 3.17. The Morgan fingerprint density at radius 3 is 2.64 bits per heavy atom. The van der Waals surface area contributed by atoms with E-state index in [1.165, 1.54) is 12.0 Å². The molecular formula is C11H13NO2. The van der Waals surface area contributed by atoms with Crippen molar-refractivity contribution in [2.75, 3.05) is 19.8 Å². The van der Waals surface area contributed by atoms with Crippen LogP contribution in [0.2, 0.25) is 0 Å². The van der Waals surface area contributed by atoms with Gasteiger partial charge < -0.3 is 14.8 Å². The Labute approximate surface area is 83.0 Å². The van der Waals surface area contributed by atoms with Crippen molar-refractivity contribution >= 4 is 0 Å². The van der Waals surface area contributed by atoms with E-state index in [0.29, 0.717) is 19.3 Å². The van der Waals surface area contributed by atoms with Crippen LogP contribution in [-0.4, -0.2) is 19.8 Å². The van der Waals surface area contributed by atoms with Gasteiger partial charge in [-0.15, -0.1) is 0 Å². The molecule has 0 bridgehead atoms. The quantitative estimate of drug-likeness (QED) is 0.729. The zero-order chi connectivity index (χ0) is 9.38. The van der Waals surface area contributed by atoms with Crippen molar-refractivity contribution in [3.63, 3.8) is 0 Å². The molecule has 2 heterocycles. The average molecular weight is 191 g/mol. The summed E-state index contributed by atoms with van der Waals surface area (Å²) in [6, 6.07) is 6.73. The van der Waals surface area contributed by atoms with Gasteiger partial charge >= 0.3 is 0 Å². The molecule has 3 nitrogen and oxygen atoms in total. The first-order valence-electron chi connectivity index (χ1n) is 5.06. The molecule has 2 aliphatic rings. The Morgan fingerprint density at radius 1 is 1.14 bits per heavy atom. The lowest BCUT2D eigenvalue weighted by Crippen LogP contribution is -2.34. The molecule has 1 N–H and O–H groups in total. The Hall–Kier alpha value is -1.22. The zero-order valence-corrected chi connectivity index (χ0v) is 7.95. The molecule has 1 unspecified atom stereocenters. The highest BCUT2D eigenvalue weighted by atomic mass is 16.6. The molecule has 3 heteroatoms. The van der Waals surface area contributed by atoms with Crippen LogP contribution in [0.5, 0.6) is 11.5 Å². The molecule has 0 aliphatic carbocycles. The van der Waals surface area contributed by atoms with Gasteiger partial charge in [0.25, 0.3) is 0 Å². The van der Waals surface area contributed by atoms with Crippen LogP contribution >= 0.6 is 0 Å². The maximum atomic E-state index is 5.53. The van der Waals surface area contributed by atoms with Gasteiger partial charge in [-0.2, -0.15) is 0 Å². The van der Waals surface area contributed by atoms with E-state index in [-0.39, 0.29) is 0 Å². The minimum Gasteiger partial charge on any atom is -0.486 e. The standard InChI is InChI=1S/C11H13NO2/c1-2-10-11(14-6-5-13-10)7-8(1)9-3-4-12-9/h1-2,7,9,12H,3-6H2. The number of hydrogen-bond acceptors (Lipinski definition) is 3. The third kappa shape index (κ3) is 1.24. The van der Waals surface area contributed by atoms with Gasteiger partial charge in [-0.25, -0.2) is 0 Å². The van der Waals surface area contributed by atoms with Gasteiger partial charge in [0.2, 0.25) is 0 Å². The number of ether oxygens (including phenoxy) is 2. The Morgan fingerprint density at radius 2 is 1.93 bits per heavy atom. The summed E-state index contributed by atoms with van der Waals surface area (Å²) in [5.41, 5.74) is 1.31. The molecule has 1 atom stereocenters. The predicted octanol–water partition coefficient (Wildman–Crippen LogP) is 1.49. The SMILES string of the molecule is c1cc2c(cc1C1CCN1)OCCO2. The largest absolute Gasteiger partial charge is 0.486 e. The summed E-state index contributed by atoms with van der Waals surface area (Å²) in [6.07, 6.45) is 1.22. The average Bonchev–Trinajstić information content (AvgIpc) is 2.15. The van der Waals surface area contributed by atoms with Gasteiger partial charge in [-0.1, -0.05) is 6.07 Å². The van der Waals surface area contributed by atoms with E-state index in [1.54, 1.807) is 0 Å². The first kappa shape index (κ1) is 8.12. The summed E-state index contributed by atoms with van der Waals surface area (Å²) in [7, 11) is 0. The van der Waals surface area contributed by atoms with Crippen LogP contribution < -0.4 is 14.8 Å². The number of rotatable bonds is 1. The normalized spacial score (nSPS) is 24.1. The summed E-state index contributed by atoms with van der Waals surface area (Å²) in [5, 5.41) is 3.37. The third-order valence-corrected chi connectivity index (χ3v) is 2.79. The lowest BCUT2D eigenvalue weighted by atomic mass is 9.98. The molecular weight excluding hydrogens is 178 g/mol. The van der Waals surface area contributed by atoms with Crippen LogP contribution in [0, 0.1) is 0 Å². The van der Waals surface area contributed by atoms with E-state index in [9.17, 15) is 0 Å². The Bertz CT molecular complexity index is 347. The molecule has 0 spiro atoms. The van der Waals surface area contributed by atoms with Gasteiger partial charge in [-0.05, 0) is 30.7 Å². The topological polar surface area (TPSA) is 30.5 Å². The second-order valence-electron chi connectivity index (χ2n) is 3.70. The summed E-state index contributed by atoms with van der Waals surface area (Å²) in [4.78, 5) is 0. The molecule has 2 aliphatic heterocycles. The molecule has 1 aromatic rings. The summed E-state index contributed by atoms with van der Waals surface area (Å²) < 4.78 is 11.0. The van der Waals surface area contributed by atoms with Crippen LogP contribution in [0.3, 0.4) is 0 Å². The number of hydrogen-bond donors (Lipinski definition) is 1. The first-order valence-corrected chi connectivity index (χ1v) is 5.06. The van der Waals surface area contributed by atoms with Crippen molar-refractivity contribution in [3.05, 3.63) is 23.8 Å². The minimum atomic E-state index is 0.519. The summed E-state index contributed by atoms with van der Waals surface area (Å²) in [5.74, 6) is 1.77. The molecule has 0 saturated carbocycles.